The number of nitro groups is 1. The maximum absolute atomic E-state index is 10.9. The number of benzene rings is 1. The molecule has 0 aliphatic rings. The first-order valence-corrected chi connectivity index (χ1v) is 6.24. The van der Waals surface area contributed by atoms with Crippen LogP contribution in [-0.4, -0.2) is 34.6 Å². The zero-order chi connectivity index (χ0) is 16.2. The molecule has 114 valence electrons. The number of nitrogens with zero attached hydrogens (tertiary/aromatic N) is 1. The van der Waals surface area contributed by atoms with Crippen LogP contribution in [0.2, 0.25) is 10.0 Å². The summed E-state index contributed by atoms with van der Waals surface area (Å²) in [6.07, 6.45) is 0. The van der Waals surface area contributed by atoms with Crippen LogP contribution in [-0.2, 0) is 9.59 Å². The highest BCUT2D eigenvalue weighted by molar-refractivity contribution is 6.37. The lowest BCUT2D eigenvalue weighted by molar-refractivity contribution is -0.384. The molecule has 21 heavy (non-hydrogen) atoms. The number of aliphatic carboxylic acids is 1. The summed E-state index contributed by atoms with van der Waals surface area (Å²) < 4.78 is 5.14. The van der Waals surface area contributed by atoms with Gasteiger partial charge in [0.1, 0.15) is 6.61 Å². The van der Waals surface area contributed by atoms with Crippen LogP contribution in [0, 0.1) is 10.1 Å². The Labute approximate surface area is 128 Å². The number of non-ortho nitro benzene ring substituents is 1. The van der Waals surface area contributed by atoms with E-state index in [2.05, 4.69) is 5.32 Å². The summed E-state index contributed by atoms with van der Waals surface area (Å²) in [6.45, 7) is 0.716. The molecule has 0 aliphatic carbocycles. The van der Waals surface area contributed by atoms with Gasteiger partial charge < -0.3 is 15.2 Å². The number of hydrogen-bond donors (Lipinski definition) is 2. The number of amides is 1. The summed E-state index contributed by atoms with van der Waals surface area (Å²) in [5.74, 6) is -1.95. The van der Waals surface area contributed by atoms with Crippen LogP contribution in [0.5, 0.6) is 5.75 Å². The standard InChI is InChI=1S/C11H10Cl2N2O6/c1-5(16)14-9(11(17)18)4-21-10-7(12)2-6(15(19)20)3-8(10)13/h2-3,9H,4H2,1H3,(H,14,16)(H,17,18). The third-order valence-corrected chi connectivity index (χ3v) is 2.83. The van der Waals surface area contributed by atoms with Crippen LogP contribution >= 0.6 is 23.2 Å². The molecule has 0 saturated carbocycles. The number of nitrogens with one attached hydrogen (secondary N) is 1. The predicted molar refractivity (Wildman–Crippen MR) is 73.9 cm³/mol. The van der Waals surface area contributed by atoms with Crippen molar-refractivity contribution in [1.82, 2.24) is 5.32 Å². The Bertz CT molecular complexity index is 569. The van der Waals surface area contributed by atoms with Crippen molar-refractivity contribution in [2.75, 3.05) is 6.61 Å². The average Bonchev–Trinajstić information content (AvgIpc) is 2.35. The van der Waals surface area contributed by atoms with Crippen molar-refractivity contribution < 1.29 is 24.4 Å². The smallest absolute Gasteiger partial charge is 0.329 e. The fourth-order valence-corrected chi connectivity index (χ4v) is 1.96. The lowest BCUT2D eigenvalue weighted by atomic mass is 10.3. The van der Waals surface area contributed by atoms with Crippen LogP contribution in [0.3, 0.4) is 0 Å². The molecule has 1 unspecified atom stereocenters. The minimum atomic E-state index is -1.31. The Hall–Kier alpha value is -2.06. The SMILES string of the molecule is CC(=O)NC(COc1c(Cl)cc([N+](=O)[O-])cc1Cl)C(=O)O. The van der Waals surface area contributed by atoms with Crippen molar-refractivity contribution in [2.24, 2.45) is 0 Å². The third-order valence-electron chi connectivity index (χ3n) is 2.26. The first-order valence-electron chi connectivity index (χ1n) is 5.48. The molecule has 0 aromatic heterocycles. The largest absolute Gasteiger partial charge is 0.488 e. The van der Waals surface area contributed by atoms with Crippen molar-refractivity contribution in [3.63, 3.8) is 0 Å². The van der Waals surface area contributed by atoms with Gasteiger partial charge in [-0.15, -0.1) is 0 Å². The van der Waals surface area contributed by atoms with Crippen molar-refractivity contribution >= 4 is 40.8 Å². The van der Waals surface area contributed by atoms with Crippen LogP contribution in [0.15, 0.2) is 12.1 Å². The van der Waals surface area contributed by atoms with Crippen LogP contribution < -0.4 is 10.1 Å². The quantitative estimate of drug-likeness (QED) is 0.604. The molecule has 1 atom stereocenters. The lowest BCUT2D eigenvalue weighted by Crippen LogP contribution is -2.43. The summed E-state index contributed by atoms with van der Waals surface area (Å²) in [5.41, 5.74) is -0.325. The first kappa shape index (κ1) is 17.0. The maximum Gasteiger partial charge on any atom is 0.329 e. The number of carboxylic acid groups (broad SMARTS) is 1. The maximum atomic E-state index is 10.9. The molecule has 1 amide bonds. The van der Waals surface area contributed by atoms with E-state index in [1.165, 1.54) is 0 Å². The molecule has 0 heterocycles. The van der Waals surface area contributed by atoms with E-state index in [1.807, 2.05) is 0 Å². The highest BCUT2D eigenvalue weighted by atomic mass is 35.5. The second-order valence-corrected chi connectivity index (χ2v) is 4.71. The third kappa shape index (κ3) is 4.76. The Morgan fingerprint density at radius 3 is 2.33 bits per heavy atom. The van der Waals surface area contributed by atoms with Crippen molar-refractivity contribution in [3.8, 4) is 5.75 Å². The van der Waals surface area contributed by atoms with E-state index in [9.17, 15) is 19.7 Å². The molecule has 0 spiro atoms. The van der Waals surface area contributed by atoms with E-state index in [1.54, 1.807) is 0 Å². The minimum absolute atomic E-state index is 0.0967. The number of nitro benzene ring substituents is 1. The molecular formula is C11H10Cl2N2O6. The van der Waals surface area contributed by atoms with Crippen molar-refractivity contribution in [1.29, 1.82) is 0 Å². The van der Waals surface area contributed by atoms with Gasteiger partial charge >= 0.3 is 5.97 Å². The van der Waals surface area contributed by atoms with Gasteiger partial charge in [0, 0.05) is 19.1 Å². The molecule has 1 rings (SSSR count). The van der Waals surface area contributed by atoms with Gasteiger partial charge in [-0.1, -0.05) is 23.2 Å². The van der Waals surface area contributed by atoms with Crippen molar-refractivity contribution in [3.05, 3.63) is 32.3 Å². The average molecular weight is 337 g/mol. The fraction of sp³-hybridized carbons (Fsp3) is 0.273. The Kier molecular flexibility index (Phi) is 5.74. The van der Waals surface area contributed by atoms with Crippen LogP contribution in [0.1, 0.15) is 6.92 Å². The summed E-state index contributed by atoms with van der Waals surface area (Å²) in [7, 11) is 0. The number of ether oxygens (including phenoxy) is 1. The first-order chi connectivity index (χ1) is 9.72. The number of carboxylic acids is 1. The van der Waals surface area contributed by atoms with E-state index in [4.69, 9.17) is 33.0 Å². The summed E-state index contributed by atoms with van der Waals surface area (Å²) >= 11 is 11.6. The molecule has 0 bridgehead atoms. The molecule has 0 radical (unpaired) electrons. The van der Waals surface area contributed by atoms with E-state index >= 15 is 0 Å². The minimum Gasteiger partial charge on any atom is -0.488 e. The highest BCUT2D eigenvalue weighted by Gasteiger charge is 2.22. The number of carbonyl (C=O) groups is 2. The molecule has 0 saturated heterocycles. The van der Waals surface area contributed by atoms with E-state index in [0.717, 1.165) is 19.1 Å². The highest BCUT2D eigenvalue weighted by Crippen LogP contribution is 2.36. The molecule has 0 aliphatic heterocycles. The molecular weight excluding hydrogens is 327 g/mol. The van der Waals surface area contributed by atoms with Crippen molar-refractivity contribution in [2.45, 2.75) is 13.0 Å². The Balaban J connectivity index is 2.90. The van der Waals surface area contributed by atoms with Gasteiger partial charge in [-0.3, -0.25) is 14.9 Å². The second kappa shape index (κ2) is 7.09. The predicted octanol–water partition coefficient (Wildman–Crippen LogP) is 1.87. The molecule has 2 N–H and O–H groups in total. The summed E-state index contributed by atoms with van der Waals surface area (Å²) in [6, 6.07) is 0.748. The summed E-state index contributed by atoms with van der Waals surface area (Å²) in [4.78, 5) is 31.7. The summed E-state index contributed by atoms with van der Waals surface area (Å²) in [5, 5.41) is 21.4. The Morgan fingerprint density at radius 1 is 1.43 bits per heavy atom. The van der Waals surface area contributed by atoms with E-state index in [-0.39, 0.29) is 21.5 Å². The van der Waals surface area contributed by atoms with Gasteiger partial charge in [0.25, 0.3) is 5.69 Å². The fourth-order valence-electron chi connectivity index (χ4n) is 1.38. The molecule has 10 heteroatoms. The number of carbonyl (C=O) groups excluding carboxylic acids is 1. The van der Waals surface area contributed by atoms with Gasteiger partial charge in [-0.25, -0.2) is 4.79 Å². The number of halogens is 2. The van der Waals surface area contributed by atoms with Gasteiger partial charge in [-0.05, 0) is 0 Å². The number of rotatable bonds is 6. The van der Waals surface area contributed by atoms with Crippen LogP contribution in [0.4, 0.5) is 5.69 Å². The topological polar surface area (TPSA) is 119 Å². The normalized spacial score (nSPS) is 11.6. The van der Waals surface area contributed by atoms with E-state index in [0.29, 0.717) is 0 Å². The van der Waals surface area contributed by atoms with E-state index < -0.39 is 29.4 Å². The Morgan fingerprint density at radius 2 is 1.95 bits per heavy atom. The lowest BCUT2D eigenvalue weighted by Gasteiger charge is -2.15. The molecule has 1 aromatic rings. The molecule has 8 nitrogen and oxygen atoms in total. The zero-order valence-corrected chi connectivity index (χ0v) is 12.1. The molecule has 1 aromatic carbocycles. The zero-order valence-electron chi connectivity index (χ0n) is 10.6. The number of hydrogen-bond acceptors (Lipinski definition) is 5. The molecule has 0 fully saturated rings. The second-order valence-electron chi connectivity index (χ2n) is 3.90. The van der Waals surface area contributed by atoms with Gasteiger partial charge in [0.15, 0.2) is 11.8 Å². The van der Waals surface area contributed by atoms with Gasteiger partial charge in [0.05, 0.1) is 15.0 Å². The monoisotopic (exact) mass is 336 g/mol. The van der Waals surface area contributed by atoms with Gasteiger partial charge in [-0.2, -0.15) is 0 Å². The van der Waals surface area contributed by atoms with Gasteiger partial charge in [0.2, 0.25) is 5.91 Å². The van der Waals surface area contributed by atoms with Crippen LogP contribution in [0.25, 0.3) is 0 Å².